The highest BCUT2D eigenvalue weighted by molar-refractivity contribution is 5.90. The zero-order chi connectivity index (χ0) is 16.1. The lowest BCUT2D eigenvalue weighted by atomic mass is 10.2. The molecule has 1 aromatic heterocycles. The third-order valence-corrected chi connectivity index (χ3v) is 3.04. The summed E-state index contributed by atoms with van der Waals surface area (Å²) in [5.74, 6) is 1.40. The lowest BCUT2D eigenvalue weighted by Crippen LogP contribution is -2.12. The molecule has 2 aromatic rings. The van der Waals surface area contributed by atoms with Crippen molar-refractivity contribution in [2.45, 2.75) is 20.3 Å². The summed E-state index contributed by atoms with van der Waals surface area (Å²) in [5.41, 5.74) is 2.54. The van der Waals surface area contributed by atoms with Crippen LogP contribution in [0, 0.1) is 6.92 Å². The Morgan fingerprint density at radius 2 is 1.77 bits per heavy atom. The normalized spacial score (nSPS) is 10.2. The van der Waals surface area contributed by atoms with Crippen molar-refractivity contribution in [3.63, 3.8) is 0 Å². The van der Waals surface area contributed by atoms with E-state index in [2.05, 4.69) is 20.6 Å². The second-order valence-corrected chi connectivity index (χ2v) is 5.19. The van der Waals surface area contributed by atoms with Gasteiger partial charge in [-0.25, -0.2) is 4.98 Å². The van der Waals surface area contributed by atoms with Crippen LogP contribution in [0.4, 0.5) is 23.1 Å². The number of carbonyl (C=O) groups excluding carboxylic acids is 1. The topological polar surface area (TPSA) is 70.2 Å². The number of hydrogen-bond donors (Lipinski definition) is 2. The lowest BCUT2D eigenvalue weighted by Gasteiger charge is -2.14. The maximum absolute atomic E-state index is 11.3. The number of aromatic nitrogens is 2. The molecule has 116 valence electrons. The van der Waals surface area contributed by atoms with E-state index in [4.69, 9.17) is 0 Å². The summed E-state index contributed by atoms with van der Waals surface area (Å²) in [6.45, 7) is 3.76. The van der Waals surface area contributed by atoms with Crippen LogP contribution in [0.1, 0.15) is 19.0 Å². The van der Waals surface area contributed by atoms with Gasteiger partial charge in [0.1, 0.15) is 5.82 Å². The molecule has 22 heavy (non-hydrogen) atoms. The number of hydrogen-bond acceptors (Lipinski definition) is 5. The average molecular weight is 299 g/mol. The van der Waals surface area contributed by atoms with Crippen molar-refractivity contribution >= 4 is 29.0 Å². The second kappa shape index (κ2) is 6.89. The summed E-state index contributed by atoms with van der Waals surface area (Å²) in [4.78, 5) is 22.1. The zero-order valence-electron chi connectivity index (χ0n) is 13.3. The highest BCUT2D eigenvalue weighted by Gasteiger charge is 2.05. The summed E-state index contributed by atoms with van der Waals surface area (Å²) in [5, 5.41) is 5.98. The van der Waals surface area contributed by atoms with E-state index < -0.39 is 0 Å². The fraction of sp³-hybridized carbons (Fsp3) is 0.312. The molecule has 6 heteroatoms. The van der Waals surface area contributed by atoms with Crippen LogP contribution in [0.5, 0.6) is 0 Å². The first-order valence-corrected chi connectivity index (χ1v) is 7.18. The number of anilines is 4. The highest BCUT2D eigenvalue weighted by atomic mass is 16.1. The van der Waals surface area contributed by atoms with E-state index in [0.29, 0.717) is 12.4 Å². The third-order valence-electron chi connectivity index (χ3n) is 3.04. The van der Waals surface area contributed by atoms with Gasteiger partial charge in [0.25, 0.3) is 0 Å². The molecule has 1 aromatic carbocycles. The molecule has 0 unspecified atom stereocenters. The molecule has 0 aliphatic carbocycles. The van der Waals surface area contributed by atoms with Gasteiger partial charge in [-0.15, -0.1) is 0 Å². The van der Waals surface area contributed by atoms with Crippen LogP contribution >= 0.6 is 0 Å². The van der Waals surface area contributed by atoms with E-state index in [1.54, 1.807) is 0 Å². The van der Waals surface area contributed by atoms with E-state index in [1.807, 2.05) is 63.2 Å². The van der Waals surface area contributed by atoms with Gasteiger partial charge >= 0.3 is 0 Å². The first-order chi connectivity index (χ1) is 10.5. The third kappa shape index (κ3) is 4.18. The van der Waals surface area contributed by atoms with Crippen LogP contribution in [-0.4, -0.2) is 30.0 Å². The molecule has 0 atom stereocenters. The molecule has 0 saturated carbocycles. The van der Waals surface area contributed by atoms with Gasteiger partial charge in [-0.2, -0.15) is 4.98 Å². The first kappa shape index (κ1) is 15.8. The van der Waals surface area contributed by atoms with Crippen molar-refractivity contribution < 1.29 is 4.79 Å². The maximum Gasteiger partial charge on any atom is 0.229 e. The van der Waals surface area contributed by atoms with Crippen molar-refractivity contribution in [1.82, 2.24) is 9.97 Å². The van der Waals surface area contributed by atoms with Gasteiger partial charge in [0.05, 0.1) is 0 Å². The minimum absolute atomic E-state index is 0.00153. The summed E-state index contributed by atoms with van der Waals surface area (Å²) >= 11 is 0. The van der Waals surface area contributed by atoms with Crippen LogP contribution in [-0.2, 0) is 4.79 Å². The van der Waals surface area contributed by atoms with Crippen molar-refractivity contribution in [3.8, 4) is 0 Å². The molecule has 1 amide bonds. The van der Waals surface area contributed by atoms with Crippen LogP contribution in [0.25, 0.3) is 0 Å². The van der Waals surface area contributed by atoms with E-state index in [0.717, 1.165) is 22.9 Å². The van der Waals surface area contributed by atoms with Gasteiger partial charge < -0.3 is 15.5 Å². The molecule has 0 aliphatic heterocycles. The first-order valence-electron chi connectivity index (χ1n) is 7.18. The molecule has 0 saturated heterocycles. The molecule has 6 nitrogen and oxygen atoms in total. The Labute approximate surface area is 130 Å². The Bertz CT molecular complexity index is 652. The Balaban J connectivity index is 2.12. The molecule has 0 radical (unpaired) electrons. The highest BCUT2D eigenvalue weighted by Crippen LogP contribution is 2.19. The van der Waals surface area contributed by atoms with E-state index in [1.165, 1.54) is 0 Å². The monoisotopic (exact) mass is 299 g/mol. The second-order valence-electron chi connectivity index (χ2n) is 5.19. The molecular formula is C16H21N5O. The van der Waals surface area contributed by atoms with Crippen LogP contribution in [0.2, 0.25) is 0 Å². The maximum atomic E-state index is 11.3. The van der Waals surface area contributed by atoms with Gasteiger partial charge in [0.15, 0.2) is 0 Å². The van der Waals surface area contributed by atoms with Crippen LogP contribution in [0.3, 0.4) is 0 Å². The smallest absolute Gasteiger partial charge is 0.229 e. The molecule has 0 aliphatic rings. The predicted octanol–water partition coefficient (Wildman–Crippen LogP) is 2.94. The van der Waals surface area contributed by atoms with Crippen molar-refractivity contribution in [2.24, 2.45) is 0 Å². The van der Waals surface area contributed by atoms with Gasteiger partial charge in [-0.1, -0.05) is 6.92 Å². The number of nitrogens with one attached hydrogen (secondary N) is 2. The lowest BCUT2D eigenvalue weighted by molar-refractivity contribution is -0.115. The number of amides is 1. The van der Waals surface area contributed by atoms with E-state index in [-0.39, 0.29) is 5.91 Å². The minimum Gasteiger partial charge on any atom is -0.363 e. The SMILES string of the molecule is CCC(=O)Nc1ccc(Nc2nc(C)cc(N(C)C)n2)cc1. The predicted molar refractivity (Wildman–Crippen MR) is 89.7 cm³/mol. The molecule has 1 heterocycles. The molecule has 0 bridgehead atoms. The molecule has 0 spiro atoms. The zero-order valence-corrected chi connectivity index (χ0v) is 13.3. The fourth-order valence-electron chi connectivity index (χ4n) is 1.85. The minimum atomic E-state index is -0.00153. The Kier molecular flexibility index (Phi) is 4.93. The molecular weight excluding hydrogens is 278 g/mol. The number of rotatable bonds is 5. The average Bonchev–Trinajstić information content (AvgIpc) is 2.48. The quantitative estimate of drug-likeness (QED) is 0.888. The summed E-state index contributed by atoms with van der Waals surface area (Å²) < 4.78 is 0. The number of aryl methyl sites for hydroxylation is 1. The summed E-state index contributed by atoms with van der Waals surface area (Å²) in [7, 11) is 3.88. The largest absolute Gasteiger partial charge is 0.363 e. The fourth-order valence-corrected chi connectivity index (χ4v) is 1.85. The number of benzene rings is 1. The van der Waals surface area contributed by atoms with Crippen LogP contribution in [0.15, 0.2) is 30.3 Å². The Morgan fingerprint density at radius 3 is 2.36 bits per heavy atom. The van der Waals surface area contributed by atoms with Gasteiger partial charge in [-0.05, 0) is 31.2 Å². The number of nitrogens with zero attached hydrogens (tertiary/aromatic N) is 3. The molecule has 0 fully saturated rings. The van der Waals surface area contributed by atoms with Gasteiger partial charge in [0, 0.05) is 43.7 Å². The Morgan fingerprint density at radius 1 is 1.14 bits per heavy atom. The van der Waals surface area contributed by atoms with Crippen molar-refractivity contribution in [3.05, 3.63) is 36.0 Å². The molecule has 2 rings (SSSR count). The Hall–Kier alpha value is -2.63. The number of carbonyl (C=O) groups is 1. The van der Waals surface area contributed by atoms with Crippen LogP contribution < -0.4 is 15.5 Å². The van der Waals surface area contributed by atoms with Gasteiger partial charge in [0.2, 0.25) is 11.9 Å². The summed E-state index contributed by atoms with van der Waals surface area (Å²) in [6, 6.07) is 9.38. The van der Waals surface area contributed by atoms with Crippen molar-refractivity contribution in [2.75, 3.05) is 29.6 Å². The molecule has 2 N–H and O–H groups in total. The van der Waals surface area contributed by atoms with Crippen molar-refractivity contribution in [1.29, 1.82) is 0 Å². The standard InChI is InChI=1S/C16H21N5O/c1-5-15(22)18-12-6-8-13(9-7-12)19-16-17-11(2)10-14(20-16)21(3)4/h6-10H,5H2,1-4H3,(H,18,22)(H,17,19,20). The van der Waals surface area contributed by atoms with Gasteiger partial charge in [-0.3, -0.25) is 4.79 Å². The van der Waals surface area contributed by atoms with E-state index >= 15 is 0 Å². The summed E-state index contributed by atoms with van der Waals surface area (Å²) in [6.07, 6.45) is 0.463. The van der Waals surface area contributed by atoms with E-state index in [9.17, 15) is 4.79 Å².